The summed E-state index contributed by atoms with van der Waals surface area (Å²) in [5.41, 5.74) is 6.51. The SMILES string of the molecule is Cc1ccc2c(c1)P(c1ccccc1)N(c1ccccc1)c1ccccc1-2. The van der Waals surface area contributed by atoms with E-state index < -0.39 is 8.07 Å². The van der Waals surface area contributed by atoms with Gasteiger partial charge in [0.15, 0.2) is 0 Å². The van der Waals surface area contributed by atoms with Gasteiger partial charge in [-0.25, -0.2) is 0 Å². The van der Waals surface area contributed by atoms with Gasteiger partial charge < -0.3 is 4.67 Å². The third-order valence-corrected chi connectivity index (χ3v) is 7.47. The fourth-order valence-electron chi connectivity index (χ4n) is 3.79. The van der Waals surface area contributed by atoms with Crippen molar-refractivity contribution in [3.63, 3.8) is 0 Å². The van der Waals surface area contributed by atoms with Crippen molar-refractivity contribution in [1.82, 2.24) is 0 Å². The summed E-state index contributed by atoms with van der Waals surface area (Å²) in [6, 6.07) is 37.4. The Morgan fingerprint density at radius 3 is 2.07 bits per heavy atom. The molecule has 0 fully saturated rings. The van der Waals surface area contributed by atoms with Gasteiger partial charge in [0.25, 0.3) is 0 Å². The molecule has 1 heterocycles. The molecular weight excluding hydrogens is 345 g/mol. The van der Waals surface area contributed by atoms with Crippen LogP contribution < -0.4 is 15.3 Å². The van der Waals surface area contributed by atoms with E-state index in [4.69, 9.17) is 0 Å². The molecule has 0 aromatic heterocycles. The first kappa shape index (κ1) is 16.3. The highest BCUT2D eigenvalue weighted by Gasteiger charge is 2.33. The summed E-state index contributed by atoms with van der Waals surface area (Å²) in [4.78, 5) is 0. The molecule has 4 aromatic carbocycles. The molecule has 2 heteroatoms. The van der Waals surface area contributed by atoms with Gasteiger partial charge in [0, 0.05) is 21.9 Å². The lowest BCUT2D eigenvalue weighted by Gasteiger charge is -2.40. The van der Waals surface area contributed by atoms with Crippen LogP contribution in [0.4, 0.5) is 11.4 Å². The van der Waals surface area contributed by atoms with E-state index in [1.807, 2.05) is 0 Å². The second-order valence-corrected chi connectivity index (χ2v) is 8.85. The van der Waals surface area contributed by atoms with Gasteiger partial charge in [-0.3, -0.25) is 0 Å². The Hall–Kier alpha value is -2.89. The van der Waals surface area contributed by atoms with Crippen LogP contribution in [0.5, 0.6) is 0 Å². The Morgan fingerprint density at radius 1 is 0.630 bits per heavy atom. The Labute approximate surface area is 161 Å². The second kappa shape index (κ2) is 6.68. The predicted octanol–water partition coefficient (Wildman–Crippen LogP) is 6.16. The Kier molecular flexibility index (Phi) is 4.03. The lowest BCUT2D eigenvalue weighted by atomic mass is 10.0. The van der Waals surface area contributed by atoms with E-state index in [1.54, 1.807) is 0 Å². The molecule has 0 spiro atoms. The minimum absolute atomic E-state index is 0.692. The van der Waals surface area contributed by atoms with Crippen molar-refractivity contribution >= 4 is 30.1 Å². The van der Waals surface area contributed by atoms with Crippen LogP contribution >= 0.6 is 8.07 Å². The van der Waals surface area contributed by atoms with Crippen molar-refractivity contribution in [3.8, 4) is 11.1 Å². The number of nitrogens with zero attached hydrogens (tertiary/aromatic N) is 1. The number of benzene rings is 4. The second-order valence-electron chi connectivity index (χ2n) is 6.83. The first-order valence-electron chi connectivity index (χ1n) is 9.23. The molecule has 1 atom stereocenters. The first-order chi connectivity index (χ1) is 13.3. The van der Waals surface area contributed by atoms with Crippen LogP contribution in [0.2, 0.25) is 0 Å². The summed E-state index contributed by atoms with van der Waals surface area (Å²) < 4.78 is 2.54. The van der Waals surface area contributed by atoms with Crippen molar-refractivity contribution in [2.75, 3.05) is 4.67 Å². The zero-order valence-electron chi connectivity index (χ0n) is 15.2. The molecule has 0 amide bonds. The topological polar surface area (TPSA) is 3.24 Å². The highest BCUT2D eigenvalue weighted by atomic mass is 31.1. The van der Waals surface area contributed by atoms with Gasteiger partial charge in [0.2, 0.25) is 0 Å². The van der Waals surface area contributed by atoms with Crippen LogP contribution in [0.25, 0.3) is 11.1 Å². The molecule has 0 bridgehead atoms. The highest BCUT2D eigenvalue weighted by Crippen LogP contribution is 2.55. The van der Waals surface area contributed by atoms with Gasteiger partial charge >= 0.3 is 0 Å². The van der Waals surface area contributed by atoms with Crippen LogP contribution in [0.15, 0.2) is 103 Å². The molecule has 1 aliphatic heterocycles. The molecular formula is C25H20NP. The number of anilines is 2. The summed E-state index contributed by atoms with van der Waals surface area (Å²) in [5.74, 6) is 0. The lowest BCUT2D eigenvalue weighted by molar-refractivity contribution is 1.39. The molecule has 4 aromatic rings. The number of para-hydroxylation sites is 2. The van der Waals surface area contributed by atoms with Crippen molar-refractivity contribution in [2.45, 2.75) is 6.92 Å². The average molecular weight is 365 g/mol. The van der Waals surface area contributed by atoms with E-state index in [0.717, 1.165) is 0 Å². The fourth-order valence-corrected chi connectivity index (χ4v) is 6.48. The average Bonchev–Trinajstić information content (AvgIpc) is 2.74. The zero-order chi connectivity index (χ0) is 18.2. The summed E-state index contributed by atoms with van der Waals surface area (Å²) in [6.45, 7) is 2.19. The molecule has 0 N–H and O–H groups in total. The highest BCUT2D eigenvalue weighted by molar-refractivity contribution is 7.75. The maximum Gasteiger partial charge on any atom is 0.0605 e. The fraction of sp³-hybridized carbons (Fsp3) is 0.0400. The van der Waals surface area contributed by atoms with E-state index >= 15 is 0 Å². The standard InChI is InChI=1S/C25H20NP/c1-19-16-17-23-22-14-8-9-15-24(22)26(20-10-4-2-5-11-20)27(25(23)18-19)21-12-6-3-7-13-21/h2-18H,1H3. The number of fused-ring (bicyclic) bond motifs is 3. The molecule has 0 radical (unpaired) electrons. The normalized spacial score (nSPS) is 15.1. The maximum atomic E-state index is 2.54. The van der Waals surface area contributed by atoms with Crippen molar-refractivity contribution in [3.05, 3.63) is 109 Å². The number of rotatable bonds is 2. The molecule has 1 nitrogen and oxygen atoms in total. The summed E-state index contributed by atoms with van der Waals surface area (Å²) >= 11 is 0. The van der Waals surface area contributed by atoms with Crippen molar-refractivity contribution in [2.24, 2.45) is 0 Å². The molecule has 130 valence electrons. The van der Waals surface area contributed by atoms with Gasteiger partial charge in [-0.1, -0.05) is 84.4 Å². The quantitative estimate of drug-likeness (QED) is 0.385. The first-order valence-corrected chi connectivity index (χ1v) is 10.5. The van der Waals surface area contributed by atoms with Crippen LogP contribution in [0, 0.1) is 6.92 Å². The largest absolute Gasteiger partial charge is 0.311 e. The van der Waals surface area contributed by atoms with Crippen LogP contribution in [0.1, 0.15) is 5.56 Å². The van der Waals surface area contributed by atoms with Crippen LogP contribution in [-0.4, -0.2) is 0 Å². The van der Waals surface area contributed by atoms with Gasteiger partial charge in [-0.05, 0) is 36.8 Å². The Balaban J connectivity index is 1.85. The van der Waals surface area contributed by atoms with Crippen molar-refractivity contribution in [1.29, 1.82) is 0 Å². The third kappa shape index (κ3) is 2.76. The molecule has 1 aliphatic rings. The Morgan fingerprint density at radius 2 is 1.30 bits per heavy atom. The number of aryl methyl sites for hydroxylation is 1. The molecule has 0 saturated carbocycles. The molecule has 27 heavy (non-hydrogen) atoms. The lowest BCUT2D eigenvalue weighted by Crippen LogP contribution is -2.30. The smallest absolute Gasteiger partial charge is 0.0605 e. The van der Waals surface area contributed by atoms with Gasteiger partial charge in [-0.2, -0.15) is 0 Å². The summed E-state index contributed by atoms with van der Waals surface area (Å²) in [6.07, 6.45) is 0. The van der Waals surface area contributed by atoms with Crippen LogP contribution in [0.3, 0.4) is 0 Å². The van der Waals surface area contributed by atoms with E-state index in [9.17, 15) is 0 Å². The van der Waals surface area contributed by atoms with Gasteiger partial charge in [0.1, 0.15) is 0 Å². The summed E-state index contributed by atoms with van der Waals surface area (Å²) in [7, 11) is -0.692. The van der Waals surface area contributed by atoms with Gasteiger partial charge in [0.05, 0.1) is 13.8 Å². The molecule has 5 rings (SSSR count). The monoisotopic (exact) mass is 365 g/mol. The Bertz CT molecular complexity index is 1090. The van der Waals surface area contributed by atoms with Crippen LogP contribution in [-0.2, 0) is 0 Å². The maximum absolute atomic E-state index is 2.54. The third-order valence-electron chi connectivity index (χ3n) is 5.01. The van der Waals surface area contributed by atoms with E-state index in [1.165, 1.54) is 38.7 Å². The molecule has 1 unspecified atom stereocenters. The van der Waals surface area contributed by atoms with Crippen molar-refractivity contribution < 1.29 is 0 Å². The van der Waals surface area contributed by atoms with Gasteiger partial charge in [-0.15, -0.1) is 0 Å². The number of hydrogen-bond donors (Lipinski definition) is 0. The molecule has 0 saturated heterocycles. The number of hydrogen-bond acceptors (Lipinski definition) is 1. The predicted molar refractivity (Wildman–Crippen MR) is 118 cm³/mol. The minimum Gasteiger partial charge on any atom is -0.311 e. The molecule has 0 aliphatic carbocycles. The van der Waals surface area contributed by atoms with E-state index in [-0.39, 0.29) is 0 Å². The summed E-state index contributed by atoms with van der Waals surface area (Å²) in [5, 5.41) is 2.80. The minimum atomic E-state index is -0.692. The van der Waals surface area contributed by atoms with E-state index in [2.05, 4.69) is 115 Å². The zero-order valence-corrected chi connectivity index (χ0v) is 16.1. The van der Waals surface area contributed by atoms with E-state index in [0.29, 0.717) is 0 Å².